The van der Waals surface area contributed by atoms with E-state index in [2.05, 4.69) is 12.2 Å². The van der Waals surface area contributed by atoms with E-state index in [1.165, 1.54) is 10.5 Å². The Hall–Kier alpha value is -3.86. The first-order valence-electron chi connectivity index (χ1n) is 10.7. The van der Waals surface area contributed by atoms with Crippen LogP contribution in [0, 0.1) is 6.92 Å². The molecule has 5 heteroatoms. The topological polar surface area (TPSA) is 58.6 Å². The molecule has 0 atom stereocenters. The van der Waals surface area contributed by atoms with Crippen LogP contribution < -0.4 is 10.1 Å². The van der Waals surface area contributed by atoms with Gasteiger partial charge in [0.2, 0.25) is 0 Å². The average molecular weight is 427 g/mol. The van der Waals surface area contributed by atoms with Crippen LogP contribution in [0.25, 0.3) is 5.57 Å². The zero-order chi connectivity index (χ0) is 22.7. The van der Waals surface area contributed by atoms with Gasteiger partial charge in [0.25, 0.3) is 11.8 Å². The predicted octanol–water partition coefficient (Wildman–Crippen LogP) is 4.96. The van der Waals surface area contributed by atoms with E-state index in [4.69, 9.17) is 4.74 Å². The molecule has 0 unspecified atom stereocenters. The quantitative estimate of drug-likeness (QED) is 0.543. The lowest BCUT2D eigenvalue weighted by molar-refractivity contribution is -0.137. The molecule has 0 aromatic heterocycles. The maximum atomic E-state index is 13.4. The third kappa shape index (κ3) is 4.28. The second-order valence-corrected chi connectivity index (χ2v) is 7.84. The largest absolute Gasteiger partial charge is 0.497 e. The molecule has 1 aliphatic rings. The van der Waals surface area contributed by atoms with E-state index in [1.54, 1.807) is 31.4 Å². The van der Waals surface area contributed by atoms with Crippen LogP contribution in [0.1, 0.15) is 29.2 Å². The van der Waals surface area contributed by atoms with Crippen LogP contribution in [-0.4, -0.2) is 23.8 Å². The first-order chi connectivity index (χ1) is 15.5. The van der Waals surface area contributed by atoms with Gasteiger partial charge in [0.1, 0.15) is 11.4 Å². The van der Waals surface area contributed by atoms with E-state index < -0.39 is 0 Å². The van der Waals surface area contributed by atoms with Gasteiger partial charge >= 0.3 is 0 Å². The molecule has 0 spiro atoms. The van der Waals surface area contributed by atoms with Crippen LogP contribution in [0.2, 0.25) is 0 Å². The number of ether oxygens (including phenoxy) is 1. The molecule has 0 fully saturated rings. The number of methoxy groups -OCH3 is 1. The summed E-state index contributed by atoms with van der Waals surface area (Å²) >= 11 is 0. The van der Waals surface area contributed by atoms with Crippen molar-refractivity contribution in [3.05, 3.63) is 101 Å². The van der Waals surface area contributed by atoms with Gasteiger partial charge in [-0.05, 0) is 54.3 Å². The number of imide groups is 1. The molecule has 5 nitrogen and oxygen atoms in total. The molecule has 3 aromatic rings. The number of amides is 2. The van der Waals surface area contributed by atoms with Gasteiger partial charge in [0, 0.05) is 5.69 Å². The highest BCUT2D eigenvalue weighted by molar-refractivity contribution is 6.36. The van der Waals surface area contributed by atoms with E-state index >= 15 is 0 Å². The van der Waals surface area contributed by atoms with Gasteiger partial charge in [-0.15, -0.1) is 0 Å². The zero-order valence-electron chi connectivity index (χ0n) is 18.5. The summed E-state index contributed by atoms with van der Waals surface area (Å²) in [5, 5.41) is 3.21. The van der Waals surface area contributed by atoms with Crippen LogP contribution >= 0.6 is 0 Å². The number of hydrogen-bond acceptors (Lipinski definition) is 4. The van der Waals surface area contributed by atoms with Gasteiger partial charge < -0.3 is 10.1 Å². The van der Waals surface area contributed by atoms with Crippen LogP contribution in [0.4, 0.5) is 5.69 Å². The van der Waals surface area contributed by atoms with Crippen LogP contribution in [0.5, 0.6) is 5.75 Å². The Bertz CT molecular complexity index is 1160. The highest BCUT2D eigenvalue weighted by Gasteiger charge is 2.39. The molecule has 1 heterocycles. The van der Waals surface area contributed by atoms with Crippen molar-refractivity contribution < 1.29 is 14.3 Å². The molecular formula is C27H26N2O3. The summed E-state index contributed by atoms with van der Waals surface area (Å²) < 4.78 is 5.24. The van der Waals surface area contributed by atoms with E-state index in [0.29, 0.717) is 16.9 Å². The number of nitrogens with one attached hydrogen (secondary N) is 1. The first kappa shape index (κ1) is 21.4. The van der Waals surface area contributed by atoms with E-state index in [0.717, 1.165) is 23.2 Å². The Morgan fingerprint density at radius 3 is 2.03 bits per heavy atom. The summed E-state index contributed by atoms with van der Waals surface area (Å²) in [5.74, 6) is 0.0432. The Balaban J connectivity index is 1.71. The van der Waals surface area contributed by atoms with Gasteiger partial charge in [-0.25, -0.2) is 0 Å². The number of aryl methyl sites for hydroxylation is 2. The van der Waals surface area contributed by atoms with Crippen molar-refractivity contribution in [3.8, 4) is 5.75 Å². The monoisotopic (exact) mass is 426 g/mol. The standard InChI is InChI=1S/C27H26N2O3/c1-4-19-9-13-22(14-10-19)28-25-24(21-11-15-23(32-3)16-12-21)26(30)29(27(25)31)17-20-7-5-18(2)6-8-20/h5-16,28H,4,17H2,1-3H3. The number of carbonyl (C=O) groups is 2. The SMILES string of the molecule is CCc1ccc(NC2=C(c3ccc(OC)cc3)C(=O)N(Cc3ccc(C)cc3)C2=O)cc1. The highest BCUT2D eigenvalue weighted by atomic mass is 16.5. The minimum Gasteiger partial charge on any atom is -0.497 e. The summed E-state index contributed by atoms with van der Waals surface area (Å²) in [6.07, 6.45) is 0.932. The number of rotatable bonds is 7. The third-order valence-electron chi connectivity index (χ3n) is 5.64. The number of nitrogens with zero attached hydrogens (tertiary/aromatic N) is 1. The summed E-state index contributed by atoms with van der Waals surface area (Å²) in [5.41, 5.74) is 5.32. The third-order valence-corrected chi connectivity index (χ3v) is 5.64. The van der Waals surface area contributed by atoms with Crippen molar-refractivity contribution in [2.24, 2.45) is 0 Å². The summed E-state index contributed by atoms with van der Waals surface area (Å²) in [6.45, 7) is 4.32. The van der Waals surface area contributed by atoms with Crippen molar-refractivity contribution in [2.75, 3.05) is 12.4 Å². The zero-order valence-corrected chi connectivity index (χ0v) is 18.5. The molecular weight excluding hydrogens is 400 g/mol. The lowest BCUT2D eigenvalue weighted by atomic mass is 10.0. The molecule has 32 heavy (non-hydrogen) atoms. The maximum absolute atomic E-state index is 13.4. The van der Waals surface area contributed by atoms with Crippen molar-refractivity contribution in [1.29, 1.82) is 0 Å². The van der Waals surface area contributed by atoms with Gasteiger partial charge in [0.05, 0.1) is 19.2 Å². The number of hydrogen-bond donors (Lipinski definition) is 1. The molecule has 1 aliphatic heterocycles. The molecule has 2 amide bonds. The number of anilines is 1. The van der Waals surface area contributed by atoms with Crippen LogP contribution in [0.15, 0.2) is 78.5 Å². The number of carbonyl (C=O) groups excluding carboxylic acids is 2. The lowest BCUT2D eigenvalue weighted by Gasteiger charge is -2.15. The van der Waals surface area contributed by atoms with Gasteiger partial charge in [-0.3, -0.25) is 14.5 Å². The first-order valence-corrected chi connectivity index (χ1v) is 10.7. The fraction of sp³-hybridized carbons (Fsp3) is 0.185. The molecule has 0 bridgehead atoms. The fourth-order valence-corrected chi connectivity index (χ4v) is 3.71. The van der Waals surface area contributed by atoms with Crippen molar-refractivity contribution in [3.63, 3.8) is 0 Å². The predicted molar refractivity (Wildman–Crippen MR) is 126 cm³/mol. The minimum atomic E-state index is -0.332. The molecule has 0 radical (unpaired) electrons. The molecule has 0 saturated heterocycles. The van der Waals surface area contributed by atoms with Gasteiger partial charge in [-0.2, -0.15) is 0 Å². The molecule has 0 aliphatic carbocycles. The normalized spacial score (nSPS) is 13.7. The van der Waals surface area contributed by atoms with E-state index in [-0.39, 0.29) is 24.1 Å². The second kappa shape index (κ2) is 9.10. The van der Waals surface area contributed by atoms with Gasteiger partial charge in [-0.1, -0.05) is 61.0 Å². The summed E-state index contributed by atoms with van der Waals surface area (Å²) in [7, 11) is 1.59. The summed E-state index contributed by atoms with van der Waals surface area (Å²) in [6, 6.07) is 22.9. The number of benzene rings is 3. The molecule has 4 rings (SSSR count). The molecule has 1 N–H and O–H groups in total. The van der Waals surface area contributed by atoms with Crippen molar-refractivity contribution in [1.82, 2.24) is 4.90 Å². The van der Waals surface area contributed by atoms with Gasteiger partial charge in [0.15, 0.2) is 0 Å². The Morgan fingerprint density at radius 2 is 1.44 bits per heavy atom. The second-order valence-electron chi connectivity index (χ2n) is 7.84. The minimum absolute atomic E-state index is 0.220. The maximum Gasteiger partial charge on any atom is 0.278 e. The fourth-order valence-electron chi connectivity index (χ4n) is 3.71. The average Bonchev–Trinajstić information content (AvgIpc) is 3.05. The van der Waals surface area contributed by atoms with E-state index in [9.17, 15) is 9.59 Å². The van der Waals surface area contributed by atoms with Crippen LogP contribution in [-0.2, 0) is 22.6 Å². The molecule has 3 aromatic carbocycles. The van der Waals surface area contributed by atoms with Crippen molar-refractivity contribution in [2.45, 2.75) is 26.8 Å². The summed E-state index contributed by atoms with van der Waals surface area (Å²) in [4.78, 5) is 28.1. The Labute approximate surface area is 188 Å². The van der Waals surface area contributed by atoms with Crippen molar-refractivity contribution >= 4 is 23.1 Å². The molecule has 0 saturated carbocycles. The lowest BCUT2D eigenvalue weighted by Crippen LogP contribution is -2.32. The highest BCUT2D eigenvalue weighted by Crippen LogP contribution is 2.32. The Kier molecular flexibility index (Phi) is 6.08. The smallest absolute Gasteiger partial charge is 0.278 e. The van der Waals surface area contributed by atoms with E-state index in [1.807, 2.05) is 55.5 Å². The molecule has 162 valence electrons. The van der Waals surface area contributed by atoms with Crippen LogP contribution in [0.3, 0.4) is 0 Å². The Morgan fingerprint density at radius 1 is 0.812 bits per heavy atom.